The summed E-state index contributed by atoms with van der Waals surface area (Å²) in [5, 5.41) is 0. The highest BCUT2D eigenvalue weighted by molar-refractivity contribution is 6.00. The molecule has 3 saturated carbocycles. The van der Waals surface area contributed by atoms with Gasteiger partial charge in [0.05, 0.1) is 5.71 Å². The third-order valence-corrected chi connectivity index (χ3v) is 6.09. The van der Waals surface area contributed by atoms with Gasteiger partial charge in [0.1, 0.15) is 11.6 Å². The van der Waals surface area contributed by atoms with Crippen LogP contribution in [0.25, 0.3) is 0 Å². The molecule has 3 aliphatic carbocycles. The van der Waals surface area contributed by atoms with Gasteiger partial charge in [0, 0.05) is 12.3 Å². The molecule has 0 N–H and O–H groups in total. The molecular formula is C19H29NO4. The number of carbonyl (C=O) groups excluding carboxylic acids is 2. The van der Waals surface area contributed by atoms with Gasteiger partial charge in [-0.2, -0.15) is 0 Å². The van der Waals surface area contributed by atoms with Crippen molar-refractivity contribution in [1.82, 2.24) is 0 Å². The van der Waals surface area contributed by atoms with Crippen LogP contribution in [0.1, 0.15) is 67.2 Å². The van der Waals surface area contributed by atoms with Crippen LogP contribution in [0.5, 0.6) is 0 Å². The Balaban J connectivity index is 1.69. The van der Waals surface area contributed by atoms with Gasteiger partial charge in [0.15, 0.2) is 5.60 Å². The smallest absolute Gasteiger partial charge is 0.331 e. The molecule has 0 radical (unpaired) electrons. The van der Waals surface area contributed by atoms with Crippen molar-refractivity contribution in [2.45, 2.75) is 84.5 Å². The van der Waals surface area contributed by atoms with Gasteiger partial charge in [0.25, 0.3) is 0 Å². The fourth-order valence-electron chi connectivity index (χ4n) is 4.59. The molecule has 3 fully saturated rings. The van der Waals surface area contributed by atoms with E-state index in [9.17, 15) is 9.59 Å². The Morgan fingerprint density at radius 2 is 2.00 bits per heavy atom. The second-order valence-electron chi connectivity index (χ2n) is 9.26. The van der Waals surface area contributed by atoms with Gasteiger partial charge in [0.2, 0.25) is 0 Å². The molecule has 0 spiro atoms. The first kappa shape index (κ1) is 17.4. The normalized spacial score (nSPS) is 36.8. The fourth-order valence-corrected chi connectivity index (χ4v) is 4.59. The third kappa shape index (κ3) is 2.76. The molecule has 134 valence electrons. The van der Waals surface area contributed by atoms with Crippen LogP contribution in [-0.2, 0) is 19.1 Å². The Morgan fingerprint density at radius 3 is 2.58 bits per heavy atom. The largest absolute Gasteiger partial charge is 0.460 e. The lowest BCUT2D eigenvalue weighted by Crippen LogP contribution is -2.68. The lowest BCUT2D eigenvalue weighted by atomic mass is 9.43. The third-order valence-electron chi connectivity index (χ3n) is 6.09. The van der Waals surface area contributed by atoms with E-state index in [1.54, 1.807) is 0 Å². The summed E-state index contributed by atoms with van der Waals surface area (Å²) in [5.41, 5.74) is 0.150. The summed E-state index contributed by atoms with van der Waals surface area (Å²) in [6.07, 6.45) is 2.55. The van der Waals surface area contributed by atoms with E-state index in [2.05, 4.69) is 13.8 Å². The van der Waals surface area contributed by atoms with E-state index in [-0.39, 0.29) is 23.8 Å². The number of nitrogens with zero attached hydrogens (tertiary/aromatic N) is 1. The quantitative estimate of drug-likeness (QED) is 0.742. The van der Waals surface area contributed by atoms with Crippen molar-refractivity contribution in [2.75, 3.05) is 0 Å². The predicted octanol–water partition coefficient (Wildman–Crippen LogP) is 3.30. The maximum atomic E-state index is 12.4. The molecule has 24 heavy (non-hydrogen) atoms. The minimum atomic E-state index is -0.568. The molecule has 4 aliphatic rings. The standard InChI is InChI=1S/C19H29NO4/c1-17(2,3)23-15(21)8-7-12-16(22)24-19(6)13-9-11(18(13,4)5)10-14(19)20-12/h11-13H,7-10H2,1-6H3/t11-,12-,13-,19-/m1/s1. The van der Waals surface area contributed by atoms with Gasteiger partial charge in [-0.15, -0.1) is 0 Å². The fraction of sp³-hybridized carbons (Fsp3) is 0.842. The minimum absolute atomic E-state index is 0.183. The van der Waals surface area contributed by atoms with Gasteiger partial charge >= 0.3 is 11.9 Å². The number of hydrogen-bond acceptors (Lipinski definition) is 5. The Kier molecular flexibility index (Phi) is 3.85. The number of aliphatic imine (C=N–C) groups is 1. The zero-order valence-electron chi connectivity index (χ0n) is 15.6. The molecule has 0 aromatic rings. The van der Waals surface area contributed by atoms with Crippen LogP contribution in [0.15, 0.2) is 4.99 Å². The average molecular weight is 335 g/mol. The summed E-state index contributed by atoms with van der Waals surface area (Å²) in [6.45, 7) is 12.0. The SMILES string of the molecule is CC(C)(C)OC(=O)CC[C@H]1N=C2C[C@H]3C[C@H](C3(C)C)[C@@]2(C)OC1=O. The predicted molar refractivity (Wildman–Crippen MR) is 90.8 cm³/mol. The van der Waals surface area contributed by atoms with Crippen molar-refractivity contribution in [2.24, 2.45) is 22.2 Å². The van der Waals surface area contributed by atoms with E-state index < -0.39 is 17.2 Å². The summed E-state index contributed by atoms with van der Waals surface area (Å²) < 4.78 is 11.2. The van der Waals surface area contributed by atoms with Crippen molar-refractivity contribution < 1.29 is 19.1 Å². The summed E-state index contributed by atoms with van der Waals surface area (Å²) in [7, 11) is 0. The molecule has 1 heterocycles. The van der Waals surface area contributed by atoms with Crippen molar-refractivity contribution in [1.29, 1.82) is 0 Å². The van der Waals surface area contributed by atoms with Gasteiger partial charge in [-0.3, -0.25) is 9.79 Å². The van der Waals surface area contributed by atoms with Crippen LogP contribution in [-0.4, -0.2) is 34.9 Å². The number of rotatable bonds is 3. The van der Waals surface area contributed by atoms with Gasteiger partial charge in [-0.25, -0.2) is 4.79 Å². The zero-order valence-corrected chi connectivity index (χ0v) is 15.6. The molecule has 5 nitrogen and oxygen atoms in total. The molecule has 0 aromatic heterocycles. The number of ether oxygens (including phenoxy) is 2. The Morgan fingerprint density at radius 1 is 1.33 bits per heavy atom. The van der Waals surface area contributed by atoms with E-state index >= 15 is 0 Å². The Labute approximate surface area is 144 Å². The number of carbonyl (C=O) groups is 2. The van der Waals surface area contributed by atoms with E-state index in [1.165, 1.54) is 0 Å². The van der Waals surface area contributed by atoms with E-state index in [0.29, 0.717) is 18.3 Å². The minimum Gasteiger partial charge on any atom is -0.460 e. The van der Waals surface area contributed by atoms with Gasteiger partial charge < -0.3 is 9.47 Å². The number of hydrogen-bond donors (Lipinski definition) is 0. The van der Waals surface area contributed by atoms with Crippen LogP contribution < -0.4 is 0 Å². The zero-order chi connectivity index (χ0) is 17.9. The molecule has 4 atom stereocenters. The van der Waals surface area contributed by atoms with Crippen LogP contribution in [0.2, 0.25) is 0 Å². The summed E-state index contributed by atoms with van der Waals surface area (Å²) >= 11 is 0. The maximum absolute atomic E-state index is 12.4. The van der Waals surface area contributed by atoms with E-state index in [4.69, 9.17) is 14.5 Å². The topological polar surface area (TPSA) is 65.0 Å². The molecule has 0 aromatic carbocycles. The van der Waals surface area contributed by atoms with E-state index in [1.807, 2.05) is 27.7 Å². The molecule has 0 unspecified atom stereocenters. The summed E-state index contributed by atoms with van der Waals surface area (Å²) in [4.78, 5) is 29.0. The van der Waals surface area contributed by atoms with E-state index in [0.717, 1.165) is 18.6 Å². The molecule has 1 aliphatic heterocycles. The van der Waals surface area contributed by atoms with Crippen molar-refractivity contribution in [3.8, 4) is 0 Å². The molecule has 0 saturated heterocycles. The lowest BCUT2D eigenvalue weighted by molar-refractivity contribution is -0.188. The van der Waals surface area contributed by atoms with Crippen LogP contribution >= 0.6 is 0 Å². The monoisotopic (exact) mass is 335 g/mol. The van der Waals surface area contributed by atoms with Crippen LogP contribution in [0.4, 0.5) is 0 Å². The molecule has 0 amide bonds. The Bertz CT molecular complexity index is 601. The first-order chi connectivity index (χ1) is 10.9. The highest BCUT2D eigenvalue weighted by Gasteiger charge is 2.65. The summed E-state index contributed by atoms with van der Waals surface area (Å²) in [5.74, 6) is 0.373. The van der Waals surface area contributed by atoms with Crippen LogP contribution in [0, 0.1) is 17.3 Å². The molecule has 4 rings (SSSR count). The highest BCUT2D eigenvalue weighted by Crippen LogP contribution is 2.63. The molecular weight excluding hydrogens is 306 g/mol. The second kappa shape index (κ2) is 5.30. The molecule has 2 bridgehead atoms. The highest BCUT2D eigenvalue weighted by atomic mass is 16.6. The first-order valence-corrected chi connectivity index (χ1v) is 8.95. The van der Waals surface area contributed by atoms with Crippen LogP contribution in [0.3, 0.4) is 0 Å². The van der Waals surface area contributed by atoms with Crippen molar-refractivity contribution in [3.05, 3.63) is 0 Å². The second-order valence-corrected chi connectivity index (χ2v) is 9.26. The average Bonchev–Trinajstić information content (AvgIpc) is 2.41. The number of esters is 2. The molecule has 5 heteroatoms. The Hall–Kier alpha value is -1.39. The van der Waals surface area contributed by atoms with Gasteiger partial charge in [-0.05, 0) is 58.3 Å². The van der Waals surface area contributed by atoms with Crippen molar-refractivity contribution in [3.63, 3.8) is 0 Å². The lowest BCUT2D eigenvalue weighted by Gasteiger charge is -2.64. The first-order valence-electron chi connectivity index (χ1n) is 8.95. The van der Waals surface area contributed by atoms with Gasteiger partial charge in [-0.1, -0.05) is 13.8 Å². The maximum Gasteiger partial charge on any atom is 0.331 e. The summed E-state index contributed by atoms with van der Waals surface area (Å²) in [6, 6.07) is -0.568. The van der Waals surface area contributed by atoms with Crippen molar-refractivity contribution >= 4 is 17.7 Å².